The fraction of sp³-hybridized carbons (Fsp3) is 0.636. The van der Waals surface area contributed by atoms with Crippen LogP contribution < -0.4 is 0 Å². The summed E-state index contributed by atoms with van der Waals surface area (Å²) in [6, 6.07) is 0. The van der Waals surface area contributed by atoms with Gasteiger partial charge in [0.15, 0.2) is 0 Å². The van der Waals surface area contributed by atoms with E-state index in [9.17, 15) is 0 Å². The first kappa shape index (κ1) is 10.8. The SMILES string of the molecule is Cc1[nH]c(CC2CCCO2)nc(=S)c1C. The molecule has 15 heavy (non-hydrogen) atoms. The highest BCUT2D eigenvalue weighted by molar-refractivity contribution is 7.71. The predicted molar refractivity (Wildman–Crippen MR) is 61.6 cm³/mol. The van der Waals surface area contributed by atoms with Crippen molar-refractivity contribution in [1.29, 1.82) is 0 Å². The molecule has 0 saturated carbocycles. The lowest BCUT2D eigenvalue weighted by Crippen LogP contribution is -2.12. The van der Waals surface area contributed by atoms with Gasteiger partial charge in [0, 0.05) is 24.3 Å². The molecular formula is C11H16N2OS. The zero-order chi connectivity index (χ0) is 10.8. The van der Waals surface area contributed by atoms with E-state index in [0.717, 1.165) is 43.0 Å². The number of aryl methyl sites for hydroxylation is 1. The van der Waals surface area contributed by atoms with E-state index in [4.69, 9.17) is 17.0 Å². The van der Waals surface area contributed by atoms with Gasteiger partial charge in [-0.1, -0.05) is 12.2 Å². The van der Waals surface area contributed by atoms with Crippen molar-refractivity contribution in [2.24, 2.45) is 0 Å². The van der Waals surface area contributed by atoms with E-state index in [1.165, 1.54) is 0 Å². The molecule has 1 saturated heterocycles. The van der Waals surface area contributed by atoms with Gasteiger partial charge in [0.25, 0.3) is 0 Å². The molecule has 1 aromatic heterocycles. The van der Waals surface area contributed by atoms with Crippen LogP contribution in [0.25, 0.3) is 0 Å². The van der Waals surface area contributed by atoms with Crippen LogP contribution in [0.2, 0.25) is 0 Å². The first-order chi connectivity index (χ1) is 7.16. The Bertz CT molecular complexity index is 408. The van der Waals surface area contributed by atoms with Gasteiger partial charge in [0.1, 0.15) is 10.5 Å². The van der Waals surface area contributed by atoms with Gasteiger partial charge < -0.3 is 9.72 Å². The number of nitrogens with zero attached hydrogens (tertiary/aromatic N) is 1. The van der Waals surface area contributed by atoms with Crippen molar-refractivity contribution in [3.63, 3.8) is 0 Å². The number of nitrogens with one attached hydrogen (secondary N) is 1. The number of aromatic amines is 1. The molecule has 1 unspecified atom stereocenters. The largest absolute Gasteiger partial charge is 0.378 e. The Hall–Kier alpha value is -0.740. The van der Waals surface area contributed by atoms with Crippen molar-refractivity contribution in [3.8, 4) is 0 Å². The second-order valence-corrected chi connectivity index (χ2v) is 4.46. The average Bonchev–Trinajstić information content (AvgIpc) is 2.66. The van der Waals surface area contributed by atoms with Gasteiger partial charge >= 0.3 is 0 Å². The van der Waals surface area contributed by atoms with Crippen LogP contribution in [0, 0.1) is 18.5 Å². The number of rotatable bonds is 2. The molecule has 1 atom stereocenters. The van der Waals surface area contributed by atoms with Crippen molar-refractivity contribution in [3.05, 3.63) is 21.7 Å². The maximum Gasteiger partial charge on any atom is 0.132 e. The van der Waals surface area contributed by atoms with Gasteiger partial charge in [0.05, 0.1) is 6.10 Å². The monoisotopic (exact) mass is 224 g/mol. The third kappa shape index (κ3) is 2.44. The van der Waals surface area contributed by atoms with Crippen molar-refractivity contribution >= 4 is 12.2 Å². The summed E-state index contributed by atoms with van der Waals surface area (Å²) >= 11 is 5.20. The Balaban J connectivity index is 2.18. The van der Waals surface area contributed by atoms with Crippen LogP contribution in [-0.2, 0) is 11.2 Å². The molecule has 0 aliphatic carbocycles. The predicted octanol–water partition coefficient (Wildman–Crippen LogP) is 2.48. The summed E-state index contributed by atoms with van der Waals surface area (Å²) in [7, 11) is 0. The minimum absolute atomic E-state index is 0.324. The number of hydrogen-bond acceptors (Lipinski definition) is 3. The van der Waals surface area contributed by atoms with Crippen LogP contribution in [0.3, 0.4) is 0 Å². The molecule has 0 aromatic carbocycles. The summed E-state index contributed by atoms with van der Waals surface area (Å²) in [5.41, 5.74) is 2.18. The summed E-state index contributed by atoms with van der Waals surface area (Å²) in [5, 5.41) is 0. The second-order valence-electron chi connectivity index (χ2n) is 4.08. The van der Waals surface area contributed by atoms with Gasteiger partial charge in [0.2, 0.25) is 0 Å². The van der Waals surface area contributed by atoms with E-state index in [1.807, 2.05) is 13.8 Å². The number of H-pyrrole nitrogens is 1. The molecule has 4 heteroatoms. The number of ether oxygens (including phenoxy) is 1. The van der Waals surface area contributed by atoms with Crippen LogP contribution in [0.5, 0.6) is 0 Å². The summed E-state index contributed by atoms with van der Waals surface area (Å²) in [6.07, 6.45) is 3.47. The van der Waals surface area contributed by atoms with Crippen molar-refractivity contribution < 1.29 is 4.74 Å². The lowest BCUT2D eigenvalue weighted by atomic mass is 10.1. The molecule has 2 rings (SSSR count). The zero-order valence-corrected chi connectivity index (χ0v) is 9.99. The molecule has 1 aliphatic heterocycles. The second kappa shape index (κ2) is 4.41. The van der Waals surface area contributed by atoms with Crippen molar-refractivity contribution in [1.82, 2.24) is 9.97 Å². The summed E-state index contributed by atoms with van der Waals surface area (Å²) < 4.78 is 6.28. The van der Waals surface area contributed by atoms with E-state index in [2.05, 4.69) is 9.97 Å². The normalized spacial score (nSPS) is 20.8. The number of aromatic nitrogens is 2. The molecule has 0 radical (unpaired) electrons. The standard InChI is InChI=1S/C11H16N2OS/c1-7-8(2)12-10(13-11(7)15)6-9-4-3-5-14-9/h9H,3-6H2,1-2H3,(H,12,13,15). The Morgan fingerprint density at radius 3 is 2.93 bits per heavy atom. The maximum atomic E-state index is 5.57. The van der Waals surface area contributed by atoms with Gasteiger partial charge in [-0.2, -0.15) is 0 Å². The van der Waals surface area contributed by atoms with Gasteiger partial charge in [-0.3, -0.25) is 0 Å². The minimum atomic E-state index is 0.324. The molecule has 3 nitrogen and oxygen atoms in total. The molecular weight excluding hydrogens is 208 g/mol. The first-order valence-electron chi connectivity index (χ1n) is 5.35. The fourth-order valence-electron chi connectivity index (χ4n) is 1.82. The van der Waals surface area contributed by atoms with E-state index < -0.39 is 0 Å². The molecule has 1 N–H and O–H groups in total. The van der Waals surface area contributed by atoms with Crippen LogP contribution >= 0.6 is 12.2 Å². The molecule has 82 valence electrons. The van der Waals surface area contributed by atoms with Crippen LogP contribution in [0.15, 0.2) is 0 Å². The van der Waals surface area contributed by atoms with Gasteiger partial charge in [-0.05, 0) is 26.7 Å². The average molecular weight is 224 g/mol. The minimum Gasteiger partial charge on any atom is -0.378 e. The summed E-state index contributed by atoms with van der Waals surface area (Å²) in [5.74, 6) is 0.954. The summed E-state index contributed by atoms with van der Waals surface area (Å²) in [4.78, 5) is 7.66. The third-order valence-corrected chi connectivity index (χ3v) is 3.29. The molecule has 2 heterocycles. The molecule has 0 amide bonds. The lowest BCUT2D eigenvalue weighted by Gasteiger charge is -2.10. The van der Waals surface area contributed by atoms with Gasteiger partial charge in [-0.25, -0.2) is 4.98 Å². The van der Waals surface area contributed by atoms with E-state index in [-0.39, 0.29) is 0 Å². The lowest BCUT2D eigenvalue weighted by molar-refractivity contribution is 0.110. The molecule has 0 spiro atoms. The molecule has 1 fully saturated rings. The third-order valence-electron chi connectivity index (χ3n) is 2.90. The highest BCUT2D eigenvalue weighted by Crippen LogP contribution is 2.16. The smallest absolute Gasteiger partial charge is 0.132 e. The Kier molecular flexibility index (Phi) is 3.17. The zero-order valence-electron chi connectivity index (χ0n) is 9.17. The van der Waals surface area contributed by atoms with E-state index in [1.54, 1.807) is 0 Å². The molecule has 1 aromatic rings. The number of hydrogen-bond donors (Lipinski definition) is 1. The van der Waals surface area contributed by atoms with Crippen molar-refractivity contribution in [2.75, 3.05) is 6.61 Å². The first-order valence-corrected chi connectivity index (χ1v) is 5.75. The van der Waals surface area contributed by atoms with Gasteiger partial charge in [-0.15, -0.1) is 0 Å². The highest BCUT2D eigenvalue weighted by atomic mass is 32.1. The fourth-order valence-corrected chi connectivity index (χ4v) is 2.09. The molecule has 1 aliphatic rings. The molecule has 0 bridgehead atoms. The van der Waals surface area contributed by atoms with Crippen LogP contribution in [0.1, 0.15) is 29.9 Å². The Morgan fingerprint density at radius 1 is 1.53 bits per heavy atom. The van der Waals surface area contributed by atoms with Crippen LogP contribution in [0.4, 0.5) is 0 Å². The Morgan fingerprint density at radius 2 is 2.33 bits per heavy atom. The Labute approximate surface area is 94.9 Å². The van der Waals surface area contributed by atoms with Crippen LogP contribution in [-0.4, -0.2) is 22.7 Å². The highest BCUT2D eigenvalue weighted by Gasteiger charge is 2.17. The van der Waals surface area contributed by atoms with E-state index >= 15 is 0 Å². The quantitative estimate of drug-likeness (QED) is 0.784. The van der Waals surface area contributed by atoms with Crippen molar-refractivity contribution in [2.45, 2.75) is 39.2 Å². The maximum absolute atomic E-state index is 5.57. The summed E-state index contributed by atoms with van der Waals surface area (Å²) in [6.45, 7) is 4.92. The topological polar surface area (TPSA) is 37.9 Å². The van der Waals surface area contributed by atoms with E-state index in [0.29, 0.717) is 10.7 Å².